The zero-order chi connectivity index (χ0) is 45.9. The smallest absolute Gasteiger partial charge is 0.220 e. The molecule has 1 amide bonds. The number of amides is 1. The van der Waals surface area contributed by atoms with E-state index in [1.807, 2.05) is 6.08 Å². The van der Waals surface area contributed by atoms with Crippen LogP contribution in [-0.4, -0.2) is 87.5 Å². The van der Waals surface area contributed by atoms with Gasteiger partial charge in [0.2, 0.25) is 5.91 Å². The van der Waals surface area contributed by atoms with Crippen molar-refractivity contribution in [3.05, 3.63) is 48.6 Å². The minimum atomic E-state index is -1.57. The fourth-order valence-corrected chi connectivity index (χ4v) is 8.13. The van der Waals surface area contributed by atoms with E-state index < -0.39 is 49.5 Å². The van der Waals surface area contributed by atoms with Crippen molar-refractivity contribution in [2.75, 3.05) is 13.2 Å². The minimum Gasteiger partial charge on any atom is -0.394 e. The second-order valence-electron chi connectivity index (χ2n) is 18.3. The van der Waals surface area contributed by atoms with E-state index in [0.717, 1.165) is 57.8 Å². The van der Waals surface area contributed by atoms with Gasteiger partial charge in [0.15, 0.2) is 6.29 Å². The molecule has 0 aliphatic carbocycles. The van der Waals surface area contributed by atoms with Crippen molar-refractivity contribution in [3.63, 3.8) is 0 Å². The molecule has 1 saturated heterocycles. The SMILES string of the molecule is CCC/C=C/CC/C=C/CC/C=C/C(O)C(COC1OC(CO)C(O)C(O)C1O)NC(=O)CCCCCCCCCCCCCCCCCCC/C=C\CCCCCCCCCC. The summed E-state index contributed by atoms with van der Waals surface area (Å²) < 4.78 is 11.2. The van der Waals surface area contributed by atoms with Crippen molar-refractivity contribution in [2.45, 2.75) is 275 Å². The maximum Gasteiger partial charge on any atom is 0.220 e. The van der Waals surface area contributed by atoms with Crippen LogP contribution >= 0.6 is 0 Å². The number of carbonyl (C=O) groups excluding carboxylic acids is 1. The van der Waals surface area contributed by atoms with Crippen molar-refractivity contribution < 1.29 is 39.8 Å². The molecule has 63 heavy (non-hydrogen) atoms. The van der Waals surface area contributed by atoms with Crippen LogP contribution in [0.3, 0.4) is 0 Å². The molecule has 1 aliphatic heterocycles. The quantitative estimate of drug-likeness (QED) is 0.0262. The number of carbonyl (C=O) groups is 1. The van der Waals surface area contributed by atoms with Crippen LogP contribution in [0.5, 0.6) is 0 Å². The fraction of sp³-hybridized carbons (Fsp3) is 0.833. The van der Waals surface area contributed by atoms with E-state index in [0.29, 0.717) is 6.42 Å². The molecular formula is C54H99NO8. The molecule has 9 heteroatoms. The molecule has 1 heterocycles. The molecule has 0 saturated carbocycles. The first-order chi connectivity index (χ1) is 30.8. The molecule has 0 radical (unpaired) electrons. The third-order valence-corrected chi connectivity index (χ3v) is 12.3. The summed E-state index contributed by atoms with van der Waals surface area (Å²) in [6.07, 6.45) is 50.5. The number of aliphatic hydroxyl groups excluding tert-OH is 5. The normalized spacial score (nSPS) is 20.5. The largest absolute Gasteiger partial charge is 0.394 e. The Morgan fingerprint density at radius 3 is 1.40 bits per heavy atom. The van der Waals surface area contributed by atoms with Crippen LogP contribution in [0.25, 0.3) is 0 Å². The molecule has 7 atom stereocenters. The number of rotatable bonds is 44. The Hall–Kier alpha value is -1.85. The Balaban J connectivity index is 2.16. The molecular weight excluding hydrogens is 791 g/mol. The number of ether oxygens (including phenoxy) is 2. The van der Waals surface area contributed by atoms with Crippen molar-refractivity contribution in [1.29, 1.82) is 0 Å². The van der Waals surface area contributed by atoms with Gasteiger partial charge in [-0.25, -0.2) is 0 Å². The number of allylic oxidation sites excluding steroid dienone is 7. The van der Waals surface area contributed by atoms with Crippen LogP contribution in [0.4, 0.5) is 0 Å². The Morgan fingerprint density at radius 2 is 0.937 bits per heavy atom. The lowest BCUT2D eigenvalue weighted by molar-refractivity contribution is -0.302. The topological polar surface area (TPSA) is 149 Å². The number of hydrogen-bond acceptors (Lipinski definition) is 8. The molecule has 0 aromatic heterocycles. The van der Waals surface area contributed by atoms with Gasteiger partial charge in [-0.05, 0) is 64.2 Å². The number of nitrogens with one attached hydrogen (secondary N) is 1. The summed E-state index contributed by atoms with van der Waals surface area (Å²) in [4.78, 5) is 13.0. The van der Waals surface area contributed by atoms with Crippen molar-refractivity contribution in [3.8, 4) is 0 Å². The van der Waals surface area contributed by atoms with E-state index in [-0.39, 0.29) is 12.5 Å². The zero-order valence-electron chi connectivity index (χ0n) is 40.6. The Kier molecular flexibility index (Phi) is 41.3. The lowest BCUT2D eigenvalue weighted by atomic mass is 9.99. The van der Waals surface area contributed by atoms with Crippen LogP contribution in [0.15, 0.2) is 48.6 Å². The van der Waals surface area contributed by atoms with Gasteiger partial charge >= 0.3 is 0 Å². The highest BCUT2D eigenvalue weighted by Gasteiger charge is 2.44. The lowest BCUT2D eigenvalue weighted by Gasteiger charge is -2.40. The first-order valence-electron chi connectivity index (χ1n) is 26.4. The van der Waals surface area contributed by atoms with E-state index in [2.05, 4.69) is 55.6 Å². The molecule has 0 spiro atoms. The molecule has 7 unspecified atom stereocenters. The molecule has 368 valence electrons. The summed E-state index contributed by atoms with van der Waals surface area (Å²) in [5.74, 6) is -0.191. The van der Waals surface area contributed by atoms with E-state index in [9.17, 15) is 30.3 Å². The van der Waals surface area contributed by atoms with Gasteiger partial charge in [0.05, 0.1) is 25.4 Å². The molecule has 6 N–H and O–H groups in total. The Bertz CT molecular complexity index is 1130. The summed E-state index contributed by atoms with van der Waals surface area (Å²) in [6, 6.07) is -0.826. The average molecular weight is 890 g/mol. The van der Waals surface area contributed by atoms with E-state index in [1.165, 1.54) is 154 Å². The molecule has 1 fully saturated rings. The van der Waals surface area contributed by atoms with Gasteiger partial charge in [0, 0.05) is 6.42 Å². The maximum atomic E-state index is 13.0. The summed E-state index contributed by atoms with van der Waals surface area (Å²) >= 11 is 0. The standard InChI is InChI=1S/C54H99NO8/c1-3-5-7-9-11-13-15-16-17-18-19-20-21-22-23-24-25-26-27-28-29-30-31-32-34-36-38-40-42-44-50(58)55-47(46-62-54-53(61)52(60)51(59)49(45-56)63-54)48(57)43-41-39-37-35-33-14-12-10-8-6-4-2/h8,10,18-19,33,35,41,43,47-49,51-54,56-57,59-61H,3-7,9,11-17,20-32,34,36-40,42,44-46H2,1-2H3,(H,55,58)/b10-8+,19-18-,35-33+,43-41+. The lowest BCUT2D eigenvalue weighted by Crippen LogP contribution is -2.60. The zero-order valence-corrected chi connectivity index (χ0v) is 40.6. The van der Waals surface area contributed by atoms with Crippen molar-refractivity contribution in [2.24, 2.45) is 0 Å². The van der Waals surface area contributed by atoms with Gasteiger partial charge in [-0.2, -0.15) is 0 Å². The molecule has 1 aliphatic rings. The number of hydrogen-bond donors (Lipinski definition) is 6. The fourth-order valence-electron chi connectivity index (χ4n) is 8.13. The van der Waals surface area contributed by atoms with Crippen LogP contribution in [0.1, 0.15) is 232 Å². The Labute approximate surface area is 386 Å². The van der Waals surface area contributed by atoms with Crippen LogP contribution in [0, 0.1) is 0 Å². The second kappa shape index (κ2) is 44.0. The molecule has 0 aromatic rings. The first kappa shape index (κ1) is 59.2. The highest BCUT2D eigenvalue weighted by atomic mass is 16.7. The van der Waals surface area contributed by atoms with Gasteiger partial charge in [-0.3, -0.25) is 4.79 Å². The monoisotopic (exact) mass is 890 g/mol. The second-order valence-corrected chi connectivity index (χ2v) is 18.3. The molecule has 9 nitrogen and oxygen atoms in total. The first-order valence-corrected chi connectivity index (χ1v) is 26.4. The number of unbranched alkanes of at least 4 members (excludes halogenated alkanes) is 28. The molecule has 0 aromatic carbocycles. The third kappa shape index (κ3) is 34.2. The predicted molar refractivity (Wildman–Crippen MR) is 263 cm³/mol. The van der Waals surface area contributed by atoms with E-state index in [4.69, 9.17) is 9.47 Å². The Morgan fingerprint density at radius 1 is 0.524 bits per heavy atom. The summed E-state index contributed by atoms with van der Waals surface area (Å²) in [6.45, 7) is 3.68. The van der Waals surface area contributed by atoms with Crippen LogP contribution in [0.2, 0.25) is 0 Å². The van der Waals surface area contributed by atoms with Crippen LogP contribution in [-0.2, 0) is 14.3 Å². The van der Waals surface area contributed by atoms with Crippen LogP contribution < -0.4 is 5.32 Å². The van der Waals surface area contributed by atoms with Gasteiger partial charge in [-0.15, -0.1) is 0 Å². The van der Waals surface area contributed by atoms with Crippen molar-refractivity contribution >= 4 is 5.91 Å². The minimum absolute atomic E-state index is 0.191. The van der Waals surface area contributed by atoms with E-state index in [1.54, 1.807) is 6.08 Å². The number of aliphatic hydroxyl groups is 5. The predicted octanol–water partition coefficient (Wildman–Crippen LogP) is 12.2. The summed E-state index contributed by atoms with van der Waals surface area (Å²) in [7, 11) is 0. The summed E-state index contributed by atoms with van der Waals surface area (Å²) in [5, 5.41) is 54.2. The van der Waals surface area contributed by atoms with Gasteiger partial charge in [0.1, 0.15) is 24.4 Å². The average Bonchev–Trinajstić information content (AvgIpc) is 3.28. The highest BCUT2D eigenvalue weighted by Crippen LogP contribution is 2.23. The molecule has 1 rings (SSSR count). The molecule has 0 bridgehead atoms. The highest BCUT2D eigenvalue weighted by molar-refractivity contribution is 5.76. The van der Waals surface area contributed by atoms with Crippen molar-refractivity contribution in [1.82, 2.24) is 5.32 Å². The van der Waals surface area contributed by atoms with Gasteiger partial charge < -0.3 is 40.3 Å². The van der Waals surface area contributed by atoms with Gasteiger partial charge in [0.25, 0.3) is 0 Å². The third-order valence-electron chi connectivity index (χ3n) is 12.3. The maximum absolute atomic E-state index is 13.0. The van der Waals surface area contributed by atoms with E-state index >= 15 is 0 Å². The summed E-state index contributed by atoms with van der Waals surface area (Å²) in [5.41, 5.74) is 0. The van der Waals surface area contributed by atoms with Gasteiger partial charge in [-0.1, -0.05) is 210 Å².